The van der Waals surface area contributed by atoms with Crippen LogP contribution in [0.3, 0.4) is 0 Å². The molecule has 1 heteroatoms. The van der Waals surface area contributed by atoms with E-state index in [1.54, 1.807) is 5.56 Å². The predicted octanol–water partition coefficient (Wildman–Crippen LogP) is 3.19. The van der Waals surface area contributed by atoms with Gasteiger partial charge in [0, 0.05) is 0 Å². The third kappa shape index (κ3) is 1.93. The second-order valence-electron chi connectivity index (χ2n) is 5.28. The Hall–Kier alpha value is -0.820. The molecule has 1 unspecified atom stereocenters. The lowest BCUT2D eigenvalue weighted by molar-refractivity contribution is 0.384. The molecule has 0 aromatic heterocycles. The number of fused-ring (bicyclic) bond motifs is 1. The third-order valence-corrected chi connectivity index (χ3v) is 3.76. The van der Waals surface area contributed by atoms with Crippen molar-refractivity contribution in [3.8, 4) is 0 Å². The van der Waals surface area contributed by atoms with Gasteiger partial charge in [-0.05, 0) is 48.3 Å². The fourth-order valence-electron chi connectivity index (χ4n) is 2.80. The molecule has 2 rings (SSSR count). The van der Waals surface area contributed by atoms with Crippen LogP contribution in [-0.4, -0.2) is 6.54 Å². The van der Waals surface area contributed by atoms with Crippen molar-refractivity contribution in [1.82, 2.24) is 0 Å². The first kappa shape index (κ1) is 10.7. The molecular weight excluding hydrogens is 182 g/mol. The van der Waals surface area contributed by atoms with E-state index in [0.717, 1.165) is 13.0 Å². The van der Waals surface area contributed by atoms with E-state index in [1.165, 1.54) is 18.4 Å². The average Bonchev–Trinajstić information content (AvgIpc) is 2.23. The van der Waals surface area contributed by atoms with Crippen LogP contribution in [0.2, 0.25) is 0 Å². The summed E-state index contributed by atoms with van der Waals surface area (Å²) in [6.07, 6.45) is 3.71. The van der Waals surface area contributed by atoms with E-state index in [-0.39, 0.29) is 0 Å². The van der Waals surface area contributed by atoms with Crippen molar-refractivity contribution in [2.24, 2.45) is 5.73 Å². The third-order valence-electron chi connectivity index (χ3n) is 3.76. The van der Waals surface area contributed by atoms with E-state index in [4.69, 9.17) is 5.73 Å². The Morgan fingerprint density at radius 2 is 2.07 bits per heavy atom. The minimum atomic E-state index is 0.349. The Morgan fingerprint density at radius 1 is 1.33 bits per heavy atom. The van der Waals surface area contributed by atoms with Gasteiger partial charge >= 0.3 is 0 Å². The van der Waals surface area contributed by atoms with Crippen molar-refractivity contribution in [1.29, 1.82) is 0 Å². The molecule has 0 heterocycles. The molecule has 0 bridgehead atoms. The molecule has 2 N–H and O–H groups in total. The Bertz CT molecular complexity index is 341. The number of hydrogen-bond donors (Lipinski definition) is 1. The zero-order valence-electron chi connectivity index (χ0n) is 9.79. The van der Waals surface area contributed by atoms with Crippen LogP contribution in [0.25, 0.3) is 0 Å². The van der Waals surface area contributed by atoms with Gasteiger partial charge in [-0.3, -0.25) is 0 Å². The van der Waals surface area contributed by atoms with Crippen LogP contribution in [0.1, 0.15) is 50.2 Å². The highest BCUT2D eigenvalue weighted by Gasteiger charge is 2.31. The standard InChI is InChI=1S/C14H21N/c1-14(2)9-7-11(8-10-15)12-5-3-4-6-13(12)14/h3-6,11H,7-10,15H2,1-2H3. The van der Waals surface area contributed by atoms with Gasteiger partial charge in [0.25, 0.3) is 0 Å². The van der Waals surface area contributed by atoms with E-state index in [9.17, 15) is 0 Å². The van der Waals surface area contributed by atoms with Crippen molar-refractivity contribution < 1.29 is 0 Å². The van der Waals surface area contributed by atoms with Gasteiger partial charge in [-0.25, -0.2) is 0 Å². The lowest BCUT2D eigenvalue weighted by Crippen LogP contribution is -2.27. The maximum absolute atomic E-state index is 5.68. The quantitative estimate of drug-likeness (QED) is 0.785. The first-order valence-corrected chi connectivity index (χ1v) is 5.94. The van der Waals surface area contributed by atoms with Gasteiger partial charge in [-0.15, -0.1) is 0 Å². The molecule has 1 aliphatic carbocycles. The highest BCUT2D eigenvalue weighted by Crippen LogP contribution is 2.43. The van der Waals surface area contributed by atoms with Crippen molar-refractivity contribution >= 4 is 0 Å². The summed E-state index contributed by atoms with van der Waals surface area (Å²) in [6, 6.07) is 8.89. The molecule has 1 aliphatic rings. The molecule has 0 radical (unpaired) electrons. The Kier molecular flexibility index (Phi) is 2.83. The maximum Gasteiger partial charge on any atom is -0.00714 e. The fraction of sp³-hybridized carbons (Fsp3) is 0.571. The molecule has 82 valence electrons. The summed E-state index contributed by atoms with van der Waals surface area (Å²) < 4.78 is 0. The Morgan fingerprint density at radius 3 is 2.80 bits per heavy atom. The molecule has 1 nitrogen and oxygen atoms in total. The molecule has 0 saturated carbocycles. The molecule has 0 saturated heterocycles. The van der Waals surface area contributed by atoms with Crippen LogP contribution in [0.4, 0.5) is 0 Å². The molecule has 1 aromatic rings. The minimum Gasteiger partial charge on any atom is -0.330 e. The minimum absolute atomic E-state index is 0.349. The summed E-state index contributed by atoms with van der Waals surface area (Å²) in [4.78, 5) is 0. The van der Waals surface area contributed by atoms with E-state index >= 15 is 0 Å². The van der Waals surface area contributed by atoms with Crippen LogP contribution in [0.5, 0.6) is 0 Å². The monoisotopic (exact) mass is 203 g/mol. The highest BCUT2D eigenvalue weighted by atomic mass is 14.5. The molecular formula is C14H21N. The number of rotatable bonds is 2. The zero-order chi connectivity index (χ0) is 10.9. The predicted molar refractivity (Wildman–Crippen MR) is 65.1 cm³/mol. The second-order valence-corrected chi connectivity index (χ2v) is 5.28. The van der Waals surface area contributed by atoms with Gasteiger partial charge in [0.05, 0.1) is 0 Å². The molecule has 0 amide bonds. The lowest BCUT2D eigenvalue weighted by Gasteiger charge is -2.37. The second kappa shape index (κ2) is 3.97. The van der Waals surface area contributed by atoms with Gasteiger partial charge in [-0.2, -0.15) is 0 Å². The normalized spacial score (nSPS) is 23.5. The summed E-state index contributed by atoms with van der Waals surface area (Å²) in [5, 5.41) is 0. The topological polar surface area (TPSA) is 26.0 Å². The summed E-state index contributed by atoms with van der Waals surface area (Å²) in [5.74, 6) is 0.694. The smallest absolute Gasteiger partial charge is 0.00714 e. The molecule has 0 spiro atoms. The first-order valence-electron chi connectivity index (χ1n) is 5.94. The number of nitrogens with two attached hydrogens (primary N) is 1. The van der Waals surface area contributed by atoms with Gasteiger partial charge in [0.15, 0.2) is 0 Å². The highest BCUT2D eigenvalue weighted by molar-refractivity contribution is 5.38. The maximum atomic E-state index is 5.68. The number of benzene rings is 1. The lowest BCUT2D eigenvalue weighted by atomic mass is 9.68. The van der Waals surface area contributed by atoms with Crippen LogP contribution >= 0.6 is 0 Å². The van der Waals surface area contributed by atoms with Crippen LogP contribution in [0.15, 0.2) is 24.3 Å². The van der Waals surface area contributed by atoms with Gasteiger partial charge < -0.3 is 5.73 Å². The van der Waals surface area contributed by atoms with Crippen LogP contribution < -0.4 is 5.73 Å². The molecule has 1 atom stereocenters. The molecule has 0 fully saturated rings. The SMILES string of the molecule is CC1(C)CCC(CCN)c2ccccc21. The van der Waals surface area contributed by atoms with Crippen molar-refractivity contribution in [3.63, 3.8) is 0 Å². The van der Waals surface area contributed by atoms with Crippen molar-refractivity contribution in [2.45, 2.75) is 44.4 Å². The summed E-state index contributed by atoms with van der Waals surface area (Å²) in [5.41, 5.74) is 9.11. The summed E-state index contributed by atoms with van der Waals surface area (Å²) in [7, 11) is 0. The summed E-state index contributed by atoms with van der Waals surface area (Å²) in [6.45, 7) is 5.51. The van der Waals surface area contributed by atoms with E-state index in [1.807, 2.05) is 0 Å². The van der Waals surface area contributed by atoms with E-state index < -0.39 is 0 Å². The zero-order valence-corrected chi connectivity index (χ0v) is 9.79. The molecule has 15 heavy (non-hydrogen) atoms. The van der Waals surface area contributed by atoms with Gasteiger partial charge in [0.2, 0.25) is 0 Å². The van der Waals surface area contributed by atoms with Gasteiger partial charge in [0.1, 0.15) is 0 Å². The molecule has 1 aromatic carbocycles. The van der Waals surface area contributed by atoms with Crippen molar-refractivity contribution in [3.05, 3.63) is 35.4 Å². The van der Waals surface area contributed by atoms with Crippen molar-refractivity contribution in [2.75, 3.05) is 6.54 Å². The van der Waals surface area contributed by atoms with E-state index in [2.05, 4.69) is 38.1 Å². The molecule has 0 aliphatic heterocycles. The average molecular weight is 203 g/mol. The largest absolute Gasteiger partial charge is 0.330 e. The van der Waals surface area contributed by atoms with E-state index in [0.29, 0.717) is 11.3 Å². The van der Waals surface area contributed by atoms with Gasteiger partial charge in [-0.1, -0.05) is 38.1 Å². The number of hydrogen-bond acceptors (Lipinski definition) is 1. The Labute approximate surface area is 92.7 Å². The van der Waals surface area contributed by atoms with Crippen LogP contribution in [0, 0.1) is 0 Å². The van der Waals surface area contributed by atoms with Crippen LogP contribution in [-0.2, 0) is 5.41 Å². The first-order chi connectivity index (χ1) is 7.15. The fourth-order valence-corrected chi connectivity index (χ4v) is 2.80. The summed E-state index contributed by atoms with van der Waals surface area (Å²) >= 11 is 0. The Balaban J connectivity index is 2.39.